The van der Waals surface area contributed by atoms with Crippen molar-refractivity contribution in [2.75, 3.05) is 26.0 Å². The van der Waals surface area contributed by atoms with Crippen LogP contribution in [0.5, 0.6) is 5.75 Å². The molecule has 0 aliphatic heterocycles. The molecule has 0 saturated heterocycles. The van der Waals surface area contributed by atoms with Crippen molar-refractivity contribution in [2.24, 2.45) is 4.99 Å². The number of benzene rings is 1. The molecule has 0 bridgehead atoms. The Morgan fingerprint density at radius 1 is 1.21 bits per heavy atom. The zero-order chi connectivity index (χ0) is 20.6. The predicted molar refractivity (Wildman–Crippen MR) is 116 cm³/mol. The molecule has 2 rings (SSSR count). The first-order valence-corrected chi connectivity index (χ1v) is 12.0. The van der Waals surface area contributed by atoms with Crippen LogP contribution in [-0.2, 0) is 16.3 Å². The molecule has 2 N–H and O–H groups in total. The van der Waals surface area contributed by atoms with E-state index in [4.69, 9.17) is 4.74 Å². The van der Waals surface area contributed by atoms with Gasteiger partial charge in [0.2, 0.25) is 0 Å². The summed E-state index contributed by atoms with van der Waals surface area (Å²) in [4.78, 5) is 7.51. The number of sulfone groups is 1. The Balaban J connectivity index is 1.83. The van der Waals surface area contributed by atoms with Gasteiger partial charge in [0.15, 0.2) is 15.8 Å². The summed E-state index contributed by atoms with van der Waals surface area (Å²) < 4.78 is 28.6. The summed E-state index contributed by atoms with van der Waals surface area (Å²) >= 11 is 1.82. The predicted octanol–water partition coefficient (Wildman–Crippen LogP) is 3.03. The summed E-state index contributed by atoms with van der Waals surface area (Å²) in [6.07, 6.45) is 2.14. The van der Waals surface area contributed by atoms with E-state index in [9.17, 15) is 8.42 Å². The molecule has 0 radical (unpaired) electrons. The van der Waals surface area contributed by atoms with Gasteiger partial charge in [-0.05, 0) is 57.2 Å². The van der Waals surface area contributed by atoms with E-state index >= 15 is 0 Å². The first kappa shape index (κ1) is 22.2. The summed E-state index contributed by atoms with van der Waals surface area (Å²) in [5.41, 5.74) is 0. The van der Waals surface area contributed by atoms with Gasteiger partial charge in [-0.15, -0.1) is 11.3 Å². The molecule has 0 aliphatic rings. The van der Waals surface area contributed by atoms with E-state index in [1.165, 1.54) is 16.0 Å². The van der Waals surface area contributed by atoms with Crippen LogP contribution in [0.25, 0.3) is 0 Å². The second-order valence-corrected chi connectivity index (χ2v) is 10.0. The van der Waals surface area contributed by atoms with Crippen molar-refractivity contribution in [1.82, 2.24) is 10.6 Å². The smallest absolute Gasteiger partial charge is 0.191 e. The normalized spacial score (nSPS) is 13.2. The molecule has 0 amide bonds. The molecular weight excluding hydrogens is 394 g/mol. The van der Waals surface area contributed by atoms with Gasteiger partial charge in [0.1, 0.15) is 12.4 Å². The van der Waals surface area contributed by atoms with Gasteiger partial charge in [-0.25, -0.2) is 13.4 Å². The first-order chi connectivity index (χ1) is 13.3. The van der Waals surface area contributed by atoms with Crippen molar-refractivity contribution in [3.8, 4) is 5.75 Å². The van der Waals surface area contributed by atoms with Crippen molar-refractivity contribution in [2.45, 2.75) is 38.1 Å². The minimum Gasteiger partial charge on any atom is -0.492 e. The van der Waals surface area contributed by atoms with Crippen LogP contribution in [0.1, 0.15) is 23.6 Å². The van der Waals surface area contributed by atoms with E-state index < -0.39 is 9.84 Å². The number of hydrogen-bond acceptors (Lipinski definition) is 5. The van der Waals surface area contributed by atoms with E-state index in [0.717, 1.165) is 18.9 Å². The highest BCUT2D eigenvalue weighted by Gasteiger charge is 2.08. The molecule has 1 atom stereocenters. The Morgan fingerprint density at radius 2 is 1.93 bits per heavy atom. The van der Waals surface area contributed by atoms with Gasteiger partial charge >= 0.3 is 0 Å². The Hall–Kier alpha value is -2.06. The van der Waals surface area contributed by atoms with Gasteiger partial charge in [0, 0.05) is 35.0 Å². The molecule has 0 fully saturated rings. The number of nitrogens with one attached hydrogen (secondary N) is 2. The van der Waals surface area contributed by atoms with Crippen LogP contribution in [-0.4, -0.2) is 46.4 Å². The van der Waals surface area contributed by atoms with Crippen molar-refractivity contribution < 1.29 is 13.2 Å². The van der Waals surface area contributed by atoms with Gasteiger partial charge in [-0.3, -0.25) is 0 Å². The van der Waals surface area contributed by atoms with Crippen LogP contribution < -0.4 is 15.4 Å². The monoisotopic (exact) mass is 423 g/mol. The zero-order valence-corrected chi connectivity index (χ0v) is 18.5. The molecule has 0 spiro atoms. The van der Waals surface area contributed by atoms with Crippen LogP contribution in [0.4, 0.5) is 0 Å². The molecule has 1 aromatic heterocycles. The minimum atomic E-state index is -3.19. The molecule has 8 heteroatoms. The second-order valence-electron chi connectivity index (χ2n) is 6.61. The lowest BCUT2D eigenvalue weighted by atomic mass is 10.2. The molecule has 6 nitrogen and oxygen atoms in total. The molecule has 28 heavy (non-hydrogen) atoms. The van der Waals surface area contributed by atoms with Crippen LogP contribution in [0.15, 0.2) is 46.3 Å². The molecule has 2 aromatic rings. The van der Waals surface area contributed by atoms with Crippen molar-refractivity contribution >= 4 is 27.1 Å². The average molecular weight is 424 g/mol. The lowest BCUT2D eigenvalue weighted by Crippen LogP contribution is -2.43. The topological polar surface area (TPSA) is 79.8 Å². The van der Waals surface area contributed by atoms with E-state index in [-0.39, 0.29) is 10.9 Å². The number of hydrogen-bond donors (Lipinski definition) is 2. The lowest BCUT2D eigenvalue weighted by molar-refractivity contribution is 0.328. The van der Waals surface area contributed by atoms with E-state index in [1.807, 2.05) is 18.3 Å². The first-order valence-electron chi connectivity index (χ1n) is 9.31. The Bertz CT molecular complexity index is 874. The fourth-order valence-corrected chi connectivity index (χ4v) is 4.25. The maximum atomic E-state index is 11.5. The number of aliphatic imine (C=N–C) groups is 1. The van der Waals surface area contributed by atoms with Gasteiger partial charge < -0.3 is 15.4 Å². The van der Waals surface area contributed by atoms with Crippen LogP contribution in [0, 0.1) is 6.92 Å². The largest absolute Gasteiger partial charge is 0.492 e. The van der Waals surface area contributed by atoms with Gasteiger partial charge in [-0.2, -0.15) is 0 Å². The molecule has 0 saturated carbocycles. The minimum absolute atomic E-state index is 0.264. The van der Waals surface area contributed by atoms with Crippen molar-refractivity contribution in [3.63, 3.8) is 0 Å². The SMILES string of the molecule is CCNC(=NCCOc1ccc(S(C)(=O)=O)cc1)NC(C)Cc1ccc(C)s1. The Kier molecular flexibility index (Phi) is 8.32. The lowest BCUT2D eigenvalue weighted by Gasteiger charge is -2.17. The van der Waals surface area contributed by atoms with Crippen LogP contribution >= 0.6 is 11.3 Å². The number of nitrogens with zero attached hydrogens (tertiary/aromatic N) is 1. The van der Waals surface area contributed by atoms with Gasteiger partial charge in [0.25, 0.3) is 0 Å². The van der Waals surface area contributed by atoms with Crippen LogP contribution in [0.2, 0.25) is 0 Å². The van der Waals surface area contributed by atoms with Crippen LogP contribution in [0.3, 0.4) is 0 Å². The molecule has 1 unspecified atom stereocenters. The standard InChI is InChI=1S/C20H29N3O3S2/c1-5-21-20(23-15(2)14-18-9-6-16(3)27-18)22-12-13-26-17-7-10-19(11-8-17)28(4,24)25/h6-11,15H,5,12-14H2,1-4H3,(H2,21,22,23). The quantitative estimate of drug-likeness (QED) is 0.368. The number of ether oxygens (including phenoxy) is 1. The maximum Gasteiger partial charge on any atom is 0.191 e. The number of thiophene rings is 1. The van der Waals surface area contributed by atoms with E-state index in [0.29, 0.717) is 18.9 Å². The Morgan fingerprint density at radius 3 is 2.50 bits per heavy atom. The van der Waals surface area contributed by atoms with E-state index in [2.05, 4.69) is 41.6 Å². The Labute approximate surface area is 172 Å². The third-order valence-corrected chi connectivity index (χ3v) is 6.06. The number of rotatable bonds is 9. The highest BCUT2D eigenvalue weighted by atomic mass is 32.2. The summed E-state index contributed by atoms with van der Waals surface area (Å²) in [5.74, 6) is 1.39. The van der Waals surface area contributed by atoms with Gasteiger partial charge in [0.05, 0.1) is 11.4 Å². The van der Waals surface area contributed by atoms with Crippen molar-refractivity contribution in [3.05, 3.63) is 46.2 Å². The molecule has 1 aromatic carbocycles. The molecule has 0 aliphatic carbocycles. The second kappa shape index (κ2) is 10.5. The summed E-state index contributed by atoms with van der Waals surface area (Å²) in [7, 11) is -3.19. The summed E-state index contributed by atoms with van der Waals surface area (Å²) in [6.45, 7) is 7.98. The van der Waals surface area contributed by atoms with Crippen molar-refractivity contribution in [1.29, 1.82) is 0 Å². The summed E-state index contributed by atoms with van der Waals surface area (Å²) in [5, 5.41) is 6.67. The summed E-state index contributed by atoms with van der Waals surface area (Å²) in [6, 6.07) is 11.0. The average Bonchev–Trinajstić information content (AvgIpc) is 3.03. The highest BCUT2D eigenvalue weighted by Crippen LogP contribution is 2.17. The highest BCUT2D eigenvalue weighted by molar-refractivity contribution is 7.90. The fourth-order valence-electron chi connectivity index (χ4n) is 2.61. The number of aryl methyl sites for hydroxylation is 1. The van der Waals surface area contributed by atoms with Gasteiger partial charge in [-0.1, -0.05) is 0 Å². The zero-order valence-electron chi connectivity index (χ0n) is 16.9. The third-order valence-electron chi connectivity index (χ3n) is 3.91. The maximum absolute atomic E-state index is 11.5. The molecule has 154 valence electrons. The third kappa shape index (κ3) is 7.52. The number of guanidine groups is 1. The molecular formula is C20H29N3O3S2. The molecule has 1 heterocycles. The van der Waals surface area contributed by atoms with E-state index in [1.54, 1.807) is 24.3 Å². The fraction of sp³-hybridized carbons (Fsp3) is 0.450.